The summed E-state index contributed by atoms with van der Waals surface area (Å²) in [5, 5.41) is 12.5. The first-order valence-electron chi connectivity index (χ1n) is 41.0. The number of aryl methyl sites for hydroxylation is 2. The third kappa shape index (κ3) is 26.6. The molecule has 21 nitrogen and oxygen atoms in total. The number of ketones is 4. The van der Waals surface area contributed by atoms with Crippen LogP contribution in [0.1, 0.15) is 173 Å². The van der Waals surface area contributed by atoms with Crippen LogP contribution in [0.25, 0.3) is 0 Å². The number of benzene rings is 4. The van der Waals surface area contributed by atoms with Crippen LogP contribution in [0.5, 0.6) is 0 Å². The van der Waals surface area contributed by atoms with Crippen molar-refractivity contribution in [1.29, 1.82) is 0 Å². The highest BCUT2D eigenvalue weighted by Crippen LogP contribution is 2.35. The number of carbonyl (C=O) groups is 8. The molecule has 4 aromatic carbocycles. The van der Waals surface area contributed by atoms with Crippen LogP contribution < -0.4 is 21.3 Å². The molecule has 13 rings (SSSR count). The number of aromatic nitrogens is 2. The molecule has 0 aliphatic carbocycles. The summed E-state index contributed by atoms with van der Waals surface area (Å²) < 4.78 is 50.8. The van der Waals surface area contributed by atoms with Crippen LogP contribution in [-0.4, -0.2) is 199 Å². The average Bonchev–Trinajstić information content (AvgIpc) is 0.984. The molecule has 7 fully saturated rings. The first-order valence-corrected chi connectivity index (χ1v) is 42.6. The van der Waals surface area contributed by atoms with Crippen LogP contribution in [-0.2, 0) is 49.5 Å². The number of thiazole rings is 2. The second-order valence-corrected chi connectivity index (χ2v) is 34.4. The minimum atomic E-state index is -0.347. The van der Waals surface area contributed by atoms with Gasteiger partial charge in [-0.3, -0.25) is 39.0 Å². The maximum Gasteiger partial charge on any atom is 0.323 e. The lowest BCUT2D eigenvalue weighted by Crippen LogP contribution is -2.57. The van der Waals surface area contributed by atoms with E-state index in [0.29, 0.717) is 125 Å². The van der Waals surface area contributed by atoms with Crippen molar-refractivity contribution in [2.24, 2.45) is 47.3 Å². The van der Waals surface area contributed by atoms with Gasteiger partial charge in [0.25, 0.3) is 0 Å². The molecule has 622 valence electrons. The summed E-state index contributed by atoms with van der Waals surface area (Å²) in [7, 11) is 0. The number of urea groups is 2. The fraction of sp³-hybridized carbons (Fsp3) is 0.545. The van der Waals surface area contributed by atoms with Crippen molar-refractivity contribution in [1.82, 2.24) is 45.1 Å². The van der Waals surface area contributed by atoms with Crippen molar-refractivity contribution in [3.05, 3.63) is 175 Å². The van der Waals surface area contributed by atoms with Crippen LogP contribution in [0.3, 0.4) is 0 Å². The Kier molecular flexibility index (Phi) is 32.6. The van der Waals surface area contributed by atoms with Crippen LogP contribution in [0.4, 0.5) is 33.6 Å². The van der Waals surface area contributed by atoms with E-state index in [1.807, 2.05) is 59.2 Å². The number of nitrogens with zero attached hydrogens (tertiary/aromatic N) is 7. The Morgan fingerprint density at radius 3 is 1.51 bits per heavy atom. The van der Waals surface area contributed by atoms with Gasteiger partial charge in [0, 0.05) is 159 Å². The summed E-state index contributed by atoms with van der Waals surface area (Å²) in [6, 6.07) is 26.5. The predicted molar refractivity (Wildman–Crippen MR) is 447 cm³/mol. The topological polar surface area (TPSA) is 245 Å². The summed E-state index contributed by atoms with van der Waals surface area (Å²) >= 11 is 2.51. The zero-order chi connectivity index (χ0) is 80.6. The van der Waals surface area contributed by atoms with Crippen molar-refractivity contribution in [2.75, 3.05) is 122 Å². The quantitative estimate of drug-likeness (QED) is 0.0389. The van der Waals surface area contributed by atoms with E-state index < -0.39 is 0 Å². The smallest absolute Gasteiger partial charge is 0.323 e. The maximum atomic E-state index is 13.4. The van der Waals surface area contributed by atoms with Crippen molar-refractivity contribution in [3.8, 4) is 0 Å². The van der Waals surface area contributed by atoms with E-state index in [1.54, 1.807) is 49.5 Å². The molecule has 9 heterocycles. The molecule has 7 saturated heterocycles. The Morgan fingerprint density at radius 1 is 0.518 bits per heavy atom. The molecule has 0 spiro atoms. The Morgan fingerprint density at radius 2 is 1.00 bits per heavy atom. The normalized spacial score (nSPS) is 22.2. The van der Waals surface area contributed by atoms with E-state index in [0.717, 1.165) is 148 Å². The number of hydrogen-bond acceptors (Lipinski definition) is 17. The van der Waals surface area contributed by atoms with Crippen molar-refractivity contribution in [2.45, 2.75) is 150 Å². The molecule has 0 radical (unpaired) electrons. The molecule has 7 aliphatic rings. The first-order chi connectivity index (χ1) is 55.0. The number of likely N-dealkylation sites (tertiary alicyclic amines) is 5. The number of halogens is 3. The predicted octanol–water partition coefficient (Wildman–Crippen LogP) is 15.3. The van der Waals surface area contributed by atoms with Crippen molar-refractivity contribution in [3.63, 3.8) is 0 Å². The Hall–Kier alpha value is -8.37. The average molecular weight is 1620 g/mol. The highest BCUT2D eigenvalue weighted by molar-refractivity contribution is 7.17. The first kappa shape index (κ1) is 86.5. The number of amides is 6. The van der Waals surface area contributed by atoms with E-state index >= 15 is 0 Å². The molecule has 0 saturated carbocycles. The van der Waals surface area contributed by atoms with E-state index in [4.69, 9.17) is 9.47 Å². The number of Topliss-reactive ketones (excluding diaryl/α,β-unsaturated/α-hetero) is 4. The second-order valence-electron chi connectivity index (χ2n) is 32.3. The molecule has 6 amide bonds. The maximum absolute atomic E-state index is 13.4. The van der Waals surface area contributed by atoms with Crippen LogP contribution in [0, 0.1) is 78.6 Å². The van der Waals surface area contributed by atoms with Gasteiger partial charge in [0.2, 0.25) is 11.8 Å². The molecule has 7 aliphatic heterocycles. The highest BCUT2D eigenvalue weighted by Gasteiger charge is 2.40. The largest absolute Gasteiger partial charge is 0.381 e. The van der Waals surface area contributed by atoms with Gasteiger partial charge in [-0.25, -0.2) is 32.7 Å². The number of carbonyl (C=O) groups excluding carboxylic acids is 8. The third-order valence-electron chi connectivity index (χ3n) is 23.4. The summed E-state index contributed by atoms with van der Waals surface area (Å²) in [4.78, 5) is 122. The Bertz CT molecular complexity index is 4250. The Labute approximate surface area is 683 Å². The molecular formula is C88H122F3N11O10S2. The second kappa shape index (κ2) is 43.0. The van der Waals surface area contributed by atoms with Crippen LogP contribution in [0.15, 0.2) is 109 Å². The molecule has 2 aromatic heterocycles. The number of hydrogen-bond donors (Lipinski definition) is 4. The van der Waals surface area contributed by atoms with Gasteiger partial charge >= 0.3 is 12.1 Å². The number of rotatable bonds is 25. The number of piperidine rings is 5. The van der Waals surface area contributed by atoms with Gasteiger partial charge < -0.3 is 45.0 Å². The van der Waals surface area contributed by atoms with E-state index in [2.05, 4.69) is 45.9 Å². The standard InChI is InChI=1S/C33H44FN3O4S.C31H42FN5O4S.C24H28FN3O2.4H2/c1-22-32(23(2)38)42-31(35-22)18-30(39)17-28-21-37(33(40)26-10-14-41-15-11-26)13-9-27(28)20-36-12-3-4-25(19-36)16-24-5-7-29(34)8-6-24;1-20-28(21(2)38)42-31(33-20)35-30(40)34-27-9-13-37(29(39)24-10-14-41-15-11-24)19-25(27)18-36-12-3-4-23(17-36)16-22-5-7-26(32)8-6-22;1-18(29)21-6-2-7-23(16-21)27-24(30)26-12-4-14-28-13-3-5-20(17-28)15-19-8-10-22(25)11-9-19;;;;/h5-8,25-28H,3-4,9-21H2,1-2H3;5-8,23-25,27H,3-4,9-19H2,1-2H3,(H2,33,34,35,40);2,4,6-12,16,20H,3,5,13-15,17H2,1H3,(H2,26,27,30);4*1H/b;;12-4+;;;;/t25-,27-,28+;23-,25+,27+;20-;;;;/m000..../s1. The van der Waals surface area contributed by atoms with Gasteiger partial charge in [0.05, 0.1) is 27.6 Å². The van der Waals surface area contributed by atoms with Gasteiger partial charge in [-0.1, -0.05) is 65.9 Å². The van der Waals surface area contributed by atoms with E-state index in [9.17, 15) is 51.5 Å². The number of nitrogens with one attached hydrogen (secondary N) is 4. The molecule has 0 bridgehead atoms. The van der Waals surface area contributed by atoms with Gasteiger partial charge in [0.1, 0.15) is 28.2 Å². The van der Waals surface area contributed by atoms with E-state index in [1.165, 1.54) is 91.7 Å². The lowest BCUT2D eigenvalue weighted by atomic mass is 9.80. The lowest BCUT2D eigenvalue weighted by molar-refractivity contribution is -0.142. The van der Waals surface area contributed by atoms with E-state index in [-0.39, 0.29) is 106 Å². The minimum Gasteiger partial charge on any atom is -0.381 e. The van der Waals surface area contributed by atoms with Crippen LogP contribution >= 0.6 is 22.7 Å². The minimum absolute atomic E-state index is 0. The number of anilines is 2. The van der Waals surface area contributed by atoms with Crippen molar-refractivity contribution >= 4 is 80.5 Å². The highest BCUT2D eigenvalue weighted by atomic mass is 32.1. The number of ether oxygens (including phenoxy) is 2. The molecule has 114 heavy (non-hydrogen) atoms. The van der Waals surface area contributed by atoms with Crippen LogP contribution in [0.2, 0.25) is 0 Å². The molecule has 4 N–H and O–H groups in total. The summed E-state index contributed by atoms with van der Waals surface area (Å²) in [6.45, 7) is 21.7. The fourth-order valence-corrected chi connectivity index (χ4v) is 19.4. The van der Waals surface area contributed by atoms with Crippen molar-refractivity contribution < 1.29 is 66.7 Å². The zero-order valence-corrected chi connectivity index (χ0v) is 68.4. The molecule has 0 unspecified atom stereocenters. The molecule has 26 heteroatoms. The van der Waals surface area contributed by atoms with Gasteiger partial charge in [-0.15, -0.1) is 11.3 Å². The summed E-state index contributed by atoms with van der Waals surface area (Å²) in [5.74, 6) is 1.90. The molecule has 6 aromatic rings. The van der Waals surface area contributed by atoms with Gasteiger partial charge in [-0.2, -0.15) is 0 Å². The SMILES string of the molecule is CC(=O)c1cccc(NC(=O)N/C=C/CN2CCC[C@@H](Cc3ccc(F)cc3)C2)c1.CC(=O)c1sc(CC(=O)C[C@@H]2CN(C(=O)C3CCOCC3)CC[C@H]2CN2CCC[C@@H](Cc3ccc(F)cc3)C2)nc1C.CC(=O)c1sc(NC(=O)N[C@@H]2CCN(C(=O)C3CCOCC3)C[C@H]2CN2CCC[C@@H](Cc3ccc(F)cc3)C2)nc1C.[HH].[HH].[HH].[HH]. The molecular weight excluding hydrogens is 1490 g/mol. The van der Waals surface area contributed by atoms with Gasteiger partial charge in [-0.05, 0) is 232 Å². The zero-order valence-electron chi connectivity index (χ0n) is 66.8. The summed E-state index contributed by atoms with van der Waals surface area (Å²) in [5.41, 5.74) is 5.94. The lowest BCUT2D eigenvalue weighted by Gasteiger charge is -2.43. The Balaban J connectivity index is 0.000000244. The van der Waals surface area contributed by atoms with Gasteiger partial charge in [0.15, 0.2) is 22.5 Å². The third-order valence-corrected chi connectivity index (χ3v) is 25.8. The summed E-state index contributed by atoms with van der Waals surface area (Å²) in [6.07, 6.45) is 18.5. The monoisotopic (exact) mass is 1610 g/mol. The fourth-order valence-electron chi connectivity index (χ4n) is 17.5. The molecule has 7 atom stereocenters.